The van der Waals surface area contributed by atoms with Gasteiger partial charge in [0.15, 0.2) is 0 Å². The predicted octanol–water partition coefficient (Wildman–Crippen LogP) is 15.1. The molecule has 0 heterocycles. The molecule has 0 bridgehead atoms. The van der Waals surface area contributed by atoms with Gasteiger partial charge in [0.1, 0.15) is 0 Å². The molecular weight excluding hydrogens is 579 g/mol. The van der Waals surface area contributed by atoms with E-state index in [0.29, 0.717) is 0 Å². The van der Waals surface area contributed by atoms with Crippen LogP contribution in [-0.4, -0.2) is 25.5 Å². The summed E-state index contributed by atoms with van der Waals surface area (Å²) in [5.74, 6) is 1.62. The van der Waals surface area contributed by atoms with E-state index in [1.807, 2.05) is 0 Å². The summed E-state index contributed by atoms with van der Waals surface area (Å²) in [6.45, 7) is 10.6. The lowest BCUT2D eigenvalue weighted by Crippen LogP contribution is -2.13. The minimum atomic E-state index is 0.761. The first-order valence-electron chi connectivity index (χ1n) is 21.5. The molecule has 0 saturated heterocycles. The molecule has 0 saturated carbocycles. The SMILES string of the molecule is CCCCC/C=C/C(C)CCCCCCCCCc1cc(CCCCCCCC/C=C/CC(C)CCCCC)cc(CCCN(C)C)c1. The molecule has 0 aliphatic heterocycles. The van der Waals surface area contributed by atoms with Gasteiger partial charge in [-0.25, -0.2) is 0 Å². The van der Waals surface area contributed by atoms with Crippen LogP contribution in [0.1, 0.15) is 205 Å². The number of unbranched alkanes of at least 4 members (excludes halogenated alkanes) is 17. The number of hydrogen-bond donors (Lipinski definition) is 0. The number of benzene rings is 1. The van der Waals surface area contributed by atoms with E-state index >= 15 is 0 Å². The number of hydrogen-bond acceptors (Lipinski definition) is 1. The van der Waals surface area contributed by atoms with Crippen molar-refractivity contribution in [3.8, 4) is 0 Å². The van der Waals surface area contributed by atoms with Gasteiger partial charge in [-0.15, -0.1) is 0 Å². The first kappa shape index (κ1) is 44.7. The maximum absolute atomic E-state index is 2.56. The first-order valence-corrected chi connectivity index (χ1v) is 21.5. The summed E-state index contributed by atoms with van der Waals surface area (Å²) >= 11 is 0. The molecule has 1 rings (SSSR count). The van der Waals surface area contributed by atoms with Gasteiger partial charge in [0.2, 0.25) is 0 Å². The van der Waals surface area contributed by atoms with Crippen molar-refractivity contribution in [3.63, 3.8) is 0 Å². The molecule has 0 aromatic heterocycles. The molecular formula is C47H85N. The van der Waals surface area contributed by atoms with E-state index in [-0.39, 0.29) is 0 Å². The largest absolute Gasteiger partial charge is 0.309 e. The fourth-order valence-corrected chi connectivity index (χ4v) is 7.09. The van der Waals surface area contributed by atoms with E-state index in [4.69, 9.17) is 0 Å². The van der Waals surface area contributed by atoms with Crippen LogP contribution in [0.4, 0.5) is 0 Å². The van der Waals surface area contributed by atoms with E-state index in [1.54, 1.807) is 16.7 Å². The van der Waals surface area contributed by atoms with Crippen molar-refractivity contribution in [2.45, 2.75) is 207 Å². The average molecular weight is 664 g/mol. The van der Waals surface area contributed by atoms with E-state index in [0.717, 1.165) is 11.8 Å². The van der Waals surface area contributed by atoms with Crippen LogP contribution < -0.4 is 0 Å². The van der Waals surface area contributed by atoms with E-state index in [9.17, 15) is 0 Å². The Morgan fingerprint density at radius 2 is 0.958 bits per heavy atom. The molecule has 0 N–H and O–H groups in total. The molecule has 0 fully saturated rings. The third kappa shape index (κ3) is 28.5. The zero-order chi connectivity index (χ0) is 34.9. The Morgan fingerprint density at radius 1 is 0.500 bits per heavy atom. The first-order chi connectivity index (χ1) is 23.4. The van der Waals surface area contributed by atoms with Gasteiger partial charge in [-0.3, -0.25) is 0 Å². The molecule has 48 heavy (non-hydrogen) atoms. The van der Waals surface area contributed by atoms with Gasteiger partial charge in [0.05, 0.1) is 0 Å². The van der Waals surface area contributed by atoms with Crippen LogP contribution in [0.2, 0.25) is 0 Å². The van der Waals surface area contributed by atoms with Crippen LogP contribution in [0.25, 0.3) is 0 Å². The van der Waals surface area contributed by atoms with Crippen molar-refractivity contribution in [2.24, 2.45) is 11.8 Å². The van der Waals surface area contributed by atoms with Crippen LogP contribution in [0, 0.1) is 11.8 Å². The molecule has 1 nitrogen and oxygen atoms in total. The predicted molar refractivity (Wildman–Crippen MR) is 219 cm³/mol. The zero-order valence-corrected chi connectivity index (χ0v) is 33.6. The topological polar surface area (TPSA) is 3.24 Å². The van der Waals surface area contributed by atoms with Crippen molar-refractivity contribution >= 4 is 0 Å². The van der Waals surface area contributed by atoms with Crippen molar-refractivity contribution < 1.29 is 0 Å². The van der Waals surface area contributed by atoms with Gasteiger partial charge in [-0.1, -0.05) is 173 Å². The average Bonchev–Trinajstić information content (AvgIpc) is 3.06. The number of aryl methyl sites for hydroxylation is 3. The maximum atomic E-state index is 2.56. The summed E-state index contributed by atoms with van der Waals surface area (Å²) in [6.07, 6.45) is 47.8. The standard InChI is InChI=1S/C47H85N/c1-7-9-11-20-26-33-44(4)35-28-22-17-15-19-24-30-37-46-40-45(41-47(42-46)38-31-39-48(5)6)36-29-23-18-14-12-13-16-21-27-34-43(3)32-25-10-8-2/h21,26-27,33,40-44H,7-20,22-25,28-32,34-39H2,1-6H3/b27-21+,33-26+. The lowest BCUT2D eigenvalue weighted by molar-refractivity contribution is 0.400. The second-order valence-corrected chi connectivity index (χ2v) is 15.9. The van der Waals surface area contributed by atoms with Gasteiger partial charge in [-0.2, -0.15) is 0 Å². The lowest BCUT2D eigenvalue weighted by Gasteiger charge is -2.12. The molecule has 1 aromatic carbocycles. The van der Waals surface area contributed by atoms with Crippen LogP contribution in [-0.2, 0) is 19.3 Å². The van der Waals surface area contributed by atoms with Gasteiger partial charge in [0.25, 0.3) is 0 Å². The Morgan fingerprint density at radius 3 is 1.54 bits per heavy atom. The molecule has 0 aliphatic carbocycles. The fourth-order valence-electron chi connectivity index (χ4n) is 7.09. The van der Waals surface area contributed by atoms with Gasteiger partial charge in [-0.05, 0) is 126 Å². The summed E-state index contributed by atoms with van der Waals surface area (Å²) in [7, 11) is 4.40. The third-order valence-corrected chi connectivity index (χ3v) is 10.3. The Balaban J connectivity index is 2.26. The Bertz CT molecular complexity index is 879. The second-order valence-electron chi connectivity index (χ2n) is 15.9. The van der Waals surface area contributed by atoms with Crippen LogP contribution in [0.3, 0.4) is 0 Å². The normalized spacial score (nSPS) is 13.4. The maximum Gasteiger partial charge on any atom is -0.00217 e. The zero-order valence-electron chi connectivity index (χ0n) is 33.6. The summed E-state index contributed by atoms with van der Waals surface area (Å²) in [4.78, 5) is 2.32. The monoisotopic (exact) mass is 664 g/mol. The summed E-state index contributed by atoms with van der Waals surface area (Å²) in [6, 6.07) is 7.64. The van der Waals surface area contributed by atoms with Gasteiger partial charge < -0.3 is 4.90 Å². The quantitative estimate of drug-likeness (QED) is 0.0524. The van der Waals surface area contributed by atoms with Gasteiger partial charge in [0, 0.05) is 0 Å². The molecule has 278 valence electrons. The van der Waals surface area contributed by atoms with Gasteiger partial charge >= 0.3 is 0 Å². The van der Waals surface area contributed by atoms with E-state index < -0.39 is 0 Å². The summed E-state index contributed by atoms with van der Waals surface area (Å²) in [5, 5.41) is 0. The highest BCUT2D eigenvalue weighted by molar-refractivity contribution is 5.31. The summed E-state index contributed by atoms with van der Waals surface area (Å²) in [5.41, 5.74) is 4.79. The van der Waals surface area contributed by atoms with Crippen molar-refractivity contribution in [1.82, 2.24) is 4.90 Å². The van der Waals surface area contributed by atoms with E-state index in [1.165, 1.54) is 186 Å². The molecule has 2 unspecified atom stereocenters. The molecule has 2 atom stereocenters. The van der Waals surface area contributed by atoms with Crippen LogP contribution in [0.5, 0.6) is 0 Å². The third-order valence-electron chi connectivity index (χ3n) is 10.3. The molecule has 0 amide bonds. The number of allylic oxidation sites excluding steroid dienone is 4. The lowest BCUT2D eigenvalue weighted by atomic mass is 9.95. The van der Waals surface area contributed by atoms with Crippen LogP contribution in [0.15, 0.2) is 42.5 Å². The highest BCUT2D eigenvalue weighted by Gasteiger charge is 2.05. The Hall–Kier alpha value is -1.34. The highest BCUT2D eigenvalue weighted by Crippen LogP contribution is 2.20. The molecule has 1 heteroatoms. The Kier molecular flexibility index (Phi) is 30.6. The molecule has 0 aliphatic rings. The smallest absolute Gasteiger partial charge is 0.00217 e. The van der Waals surface area contributed by atoms with Crippen LogP contribution >= 0.6 is 0 Å². The minimum Gasteiger partial charge on any atom is -0.309 e. The number of nitrogens with zero attached hydrogens (tertiary/aromatic N) is 1. The fraction of sp³-hybridized carbons (Fsp3) is 0.787. The second kappa shape index (κ2) is 32.8. The number of rotatable bonds is 34. The Labute approximate surface area is 303 Å². The van der Waals surface area contributed by atoms with Crippen molar-refractivity contribution in [3.05, 3.63) is 59.2 Å². The molecule has 0 spiro atoms. The van der Waals surface area contributed by atoms with E-state index in [2.05, 4.69) is 89.2 Å². The van der Waals surface area contributed by atoms with Crippen molar-refractivity contribution in [2.75, 3.05) is 20.6 Å². The molecule has 0 radical (unpaired) electrons. The summed E-state index contributed by atoms with van der Waals surface area (Å²) < 4.78 is 0. The minimum absolute atomic E-state index is 0.761. The molecule has 1 aromatic rings. The highest BCUT2D eigenvalue weighted by atomic mass is 15.0. The van der Waals surface area contributed by atoms with Crippen molar-refractivity contribution in [1.29, 1.82) is 0 Å².